The summed E-state index contributed by atoms with van der Waals surface area (Å²) in [6.45, 7) is 1.93. The van der Waals surface area contributed by atoms with E-state index in [4.69, 9.17) is 11.6 Å². The number of fused-ring (bicyclic) bond motifs is 1. The number of aromatic nitrogens is 1. The van der Waals surface area contributed by atoms with Crippen molar-refractivity contribution in [3.8, 4) is 0 Å². The minimum Gasteiger partial charge on any atom is -0.354 e. The molecule has 1 aromatic heterocycles. The normalized spacial score (nSPS) is 13.4. The average Bonchev–Trinajstić information content (AvgIpc) is 3.09. The summed E-state index contributed by atoms with van der Waals surface area (Å²) in [6.07, 6.45) is 2.37. The van der Waals surface area contributed by atoms with Gasteiger partial charge in [0, 0.05) is 51.8 Å². The molecule has 2 aromatic rings. The van der Waals surface area contributed by atoms with E-state index in [9.17, 15) is 4.79 Å². The van der Waals surface area contributed by atoms with Gasteiger partial charge in [0.25, 0.3) is 0 Å². The summed E-state index contributed by atoms with van der Waals surface area (Å²) < 4.78 is 2.01. The number of anilines is 1. The largest absolute Gasteiger partial charge is 0.354 e. The molecule has 0 saturated heterocycles. The number of nitrogens with zero attached hydrogens (tertiary/aromatic N) is 4. The van der Waals surface area contributed by atoms with Crippen molar-refractivity contribution in [3.63, 3.8) is 0 Å². The van der Waals surface area contributed by atoms with Crippen molar-refractivity contribution in [2.45, 2.75) is 13.0 Å². The summed E-state index contributed by atoms with van der Waals surface area (Å²) in [5, 5.41) is 4.06. The molecule has 27 heavy (non-hydrogen) atoms. The van der Waals surface area contributed by atoms with Crippen LogP contribution in [0.3, 0.4) is 0 Å². The number of amides is 1. The lowest BCUT2D eigenvalue weighted by Gasteiger charge is -2.24. The number of para-hydroxylation sites is 1. The predicted octanol–water partition coefficient (Wildman–Crippen LogP) is 2.89. The molecule has 0 saturated carbocycles. The topological polar surface area (TPSA) is 52.9 Å². The molecule has 2 heterocycles. The molecule has 6 nitrogen and oxygen atoms in total. The zero-order valence-electron chi connectivity index (χ0n) is 15.8. The molecule has 0 fully saturated rings. The van der Waals surface area contributed by atoms with E-state index in [0.717, 1.165) is 27.9 Å². The number of nitrogens with one attached hydrogen (secondary N) is 1. The first-order chi connectivity index (χ1) is 12.5. The second-order valence-electron chi connectivity index (χ2n) is 6.44. The van der Waals surface area contributed by atoms with E-state index < -0.39 is 0 Å². The number of guanidine groups is 1. The second-order valence-corrected chi connectivity index (χ2v) is 6.88. The molecule has 1 aromatic carbocycles. The summed E-state index contributed by atoms with van der Waals surface area (Å²) >= 11 is 6.05. The Morgan fingerprint density at radius 2 is 2.11 bits per heavy atom. The first kappa shape index (κ1) is 21.6. The van der Waals surface area contributed by atoms with Crippen molar-refractivity contribution in [2.75, 3.05) is 32.1 Å². The Balaban J connectivity index is 0.00000261. The predicted molar refractivity (Wildman–Crippen MR) is 121 cm³/mol. The van der Waals surface area contributed by atoms with Gasteiger partial charge in [0.15, 0.2) is 5.96 Å². The van der Waals surface area contributed by atoms with Crippen LogP contribution in [0.4, 0.5) is 5.69 Å². The number of halogens is 2. The standard InChI is InChI=1S/C19H24ClN5O.HI/c1-21-19(24(3)13-16-11-15(20)12-23(16)2)22-8-9-25-17-7-5-4-6-14(17)10-18(25)26;/h4-7,11-12H,8-10,13H2,1-3H3,(H,21,22);1H. The van der Waals surface area contributed by atoms with Crippen LogP contribution in [0.2, 0.25) is 5.02 Å². The molecular weight excluding hydrogens is 477 g/mol. The SMILES string of the molecule is CN=C(NCCN1C(=O)Cc2ccccc21)N(C)Cc1cc(Cl)cn1C.I. The Labute approximate surface area is 182 Å². The number of aryl methyl sites for hydroxylation is 1. The lowest BCUT2D eigenvalue weighted by atomic mass is 10.2. The molecule has 0 atom stereocenters. The molecule has 1 aliphatic rings. The maximum atomic E-state index is 12.2. The molecule has 8 heteroatoms. The van der Waals surface area contributed by atoms with Crippen LogP contribution in [0.15, 0.2) is 41.5 Å². The van der Waals surface area contributed by atoms with Gasteiger partial charge in [0.05, 0.1) is 18.0 Å². The van der Waals surface area contributed by atoms with Gasteiger partial charge in [-0.1, -0.05) is 29.8 Å². The highest BCUT2D eigenvalue weighted by Gasteiger charge is 2.26. The molecule has 0 unspecified atom stereocenters. The van der Waals surface area contributed by atoms with E-state index in [1.165, 1.54) is 0 Å². The fourth-order valence-electron chi connectivity index (χ4n) is 3.27. The summed E-state index contributed by atoms with van der Waals surface area (Å²) in [7, 11) is 5.71. The summed E-state index contributed by atoms with van der Waals surface area (Å²) in [4.78, 5) is 20.4. The summed E-state index contributed by atoms with van der Waals surface area (Å²) in [5.41, 5.74) is 3.21. The van der Waals surface area contributed by atoms with E-state index in [1.54, 1.807) is 7.05 Å². The Hall–Kier alpha value is -1.74. The van der Waals surface area contributed by atoms with Gasteiger partial charge in [0.2, 0.25) is 5.91 Å². The van der Waals surface area contributed by atoms with Gasteiger partial charge in [-0.2, -0.15) is 0 Å². The summed E-state index contributed by atoms with van der Waals surface area (Å²) in [6, 6.07) is 9.90. The van der Waals surface area contributed by atoms with Crippen LogP contribution in [0.5, 0.6) is 0 Å². The zero-order chi connectivity index (χ0) is 18.7. The average molecular weight is 502 g/mol. The van der Waals surface area contributed by atoms with E-state index in [-0.39, 0.29) is 29.9 Å². The Bertz CT molecular complexity index is 835. The Morgan fingerprint density at radius 1 is 1.37 bits per heavy atom. The molecule has 0 spiro atoms. The van der Waals surface area contributed by atoms with Crippen LogP contribution in [0.25, 0.3) is 0 Å². The third-order valence-corrected chi connectivity index (χ3v) is 4.80. The quantitative estimate of drug-likeness (QED) is 0.389. The molecule has 1 N–H and O–H groups in total. The van der Waals surface area contributed by atoms with E-state index in [2.05, 4.69) is 10.3 Å². The zero-order valence-corrected chi connectivity index (χ0v) is 18.9. The highest BCUT2D eigenvalue weighted by molar-refractivity contribution is 14.0. The number of rotatable bonds is 5. The molecule has 0 radical (unpaired) electrons. The van der Waals surface area contributed by atoms with Crippen LogP contribution in [0, 0.1) is 0 Å². The van der Waals surface area contributed by atoms with Crippen molar-refractivity contribution >= 4 is 53.1 Å². The molecule has 1 aliphatic heterocycles. The van der Waals surface area contributed by atoms with Crippen molar-refractivity contribution in [2.24, 2.45) is 12.0 Å². The molecule has 1 amide bonds. The first-order valence-corrected chi connectivity index (χ1v) is 8.98. The van der Waals surface area contributed by atoms with Crippen molar-refractivity contribution in [1.29, 1.82) is 0 Å². The highest BCUT2D eigenvalue weighted by Crippen LogP contribution is 2.27. The van der Waals surface area contributed by atoms with Gasteiger partial charge in [-0.3, -0.25) is 9.79 Å². The van der Waals surface area contributed by atoms with Gasteiger partial charge in [-0.15, -0.1) is 24.0 Å². The fourth-order valence-corrected chi connectivity index (χ4v) is 3.54. The van der Waals surface area contributed by atoms with Crippen LogP contribution in [-0.2, 0) is 24.8 Å². The van der Waals surface area contributed by atoms with Crippen molar-refractivity contribution in [1.82, 2.24) is 14.8 Å². The molecule has 3 rings (SSSR count). The van der Waals surface area contributed by atoms with Crippen molar-refractivity contribution in [3.05, 3.63) is 52.8 Å². The van der Waals surface area contributed by atoms with Gasteiger partial charge in [0.1, 0.15) is 0 Å². The molecular formula is C19H25ClIN5O. The van der Waals surface area contributed by atoms with Crippen LogP contribution in [0.1, 0.15) is 11.3 Å². The molecule has 0 bridgehead atoms. The first-order valence-electron chi connectivity index (χ1n) is 8.60. The maximum Gasteiger partial charge on any atom is 0.231 e. The van der Waals surface area contributed by atoms with Crippen LogP contribution in [-0.4, -0.2) is 48.5 Å². The van der Waals surface area contributed by atoms with Crippen LogP contribution < -0.4 is 10.2 Å². The van der Waals surface area contributed by atoms with E-state index in [0.29, 0.717) is 26.1 Å². The third-order valence-electron chi connectivity index (χ3n) is 4.59. The second kappa shape index (κ2) is 9.45. The summed E-state index contributed by atoms with van der Waals surface area (Å²) in [5.74, 6) is 0.928. The van der Waals surface area contributed by atoms with Gasteiger partial charge < -0.3 is 19.7 Å². The third kappa shape index (κ3) is 4.95. The van der Waals surface area contributed by atoms with Crippen molar-refractivity contribution < 1.29 is 4.79 Å². The molecule has 146 valence electrons. The van der Waals surface area contributed by atoms with E-state index in [1.807, 2.05) is 65.0 Å². The number of carbonyl (C=O) groups is 1. The van der Waals surface area contributed by atoms with Crippen LogP contribution >= 0.6 is 35.6 Å². The Kier molecular flexibility index (Phi) is 7.55. The minimum absolute atomic E-state index is 0. The van der Waals surface area contributed by atoms with E-state index >= 15 is 0 Å². The number of benzene rings is 1. The lowest BCUT2D eigenvalue weighted by Crippen LogP contribution is -2.43. The Morgan fingerprint density at radius 3 is 2.78 bits per heavy atom. The van der Waals surface area contributed by atoms with Gasteiger partial charge >= 0.3 is 0 Å². The minimum atomic E-state index is 0. The maximum absolute atomic E-state index is 12.2. The number of hydrogen-bond acceptors (Lipinski definition) is 2. The molecule has 0 aliphatic carbocycles. The van der Waals surface area contributed by atoms with Gasteiger partial charge in [-0.25, -0.2) is 0 Å². The fraction of sp³-hybridized carbons (Fsp3) is 0.368. The lowest BCUT2D eigenvalue weighted by molar-refractivity contribution is -0.117. The highest BCUT2D eigenvalue weighted by atomic mass is 127. The number of aliphatic imine (C=N–C) groups is 1. The number of carbonyl (C=O) groups excluding carboxylic acids is 1. The number of hydrogen-bond donors (Lipinski definition) is 1. The monoisotopic (exact) mass is 501 g/mol. The van der Waals surface area contributed by atoms with Gasteiger partial charge in [-0.05, 0) is 17.7 Å². The smallest absolute Gasteiger partial charge is 0.231 e.